The fraction of sp³-hybridized carbons (Fsp3) is 0.455. The predicted molar refractivity (Wildman–Crippen MR) is 61.4 cm³/mol. The van der Waals surface area contributed by atoms with Gasteiger partial charge in [-0.15, -0.1) is 0 Å². The van der Waals surface area contributed by atoms with Crippen LogP contribution < -0.4 is 11.1 Å². The quantitative estimate of drug-likeness (QED) is 0.720. The molecule has 1 heterocycles. The number of rotatable bonds is 5. The minimum Gasteiger partial charge on any atom is -0.396 e. The van der Waals surface area contributed by atoms with Gasteiger partial charge in [0.05, 0.1) is 11.3 Å². The Kier molecular flexibility index (Phi) is 4.42. The number of hydrogen-bond donors (Lipinski definition) is 2. The van der Waals surface area contributed by atoms with Crippen LogP contribution in [0.25, 0.3) is 0 Å². The first-order valence-corrected chi connectivity index (χ1v) is 5.17. The number of anilines is 2. The molecule has 0 unspecified atom stereocenters. The summed E-state index contributed by atoms with van der Waals surface area (Å²) in [6.45, 7) is 3.03. The van der Waals surface area contributed by atoms with Crippen molar-refractivity contribution in [2.45, 2.75) is 26.2 Å². The molecule has 1 aromatic rings. The van der Waals surface area contributed by atoms with Gasteiger partial charge in [-0.1, -0.05) is 19.8 Å². The van der Waals surface area contributed by atoms with Crippen molar-refractivity contribution in [3.63, 3.8) is 0 Å². The second kappa shape index (κ2) is 5.86. The zero-order chi connectivity index (χ0) is 11.1. The van der Waals surface area contributed by atoms with Crippen LogP contribution >= 0.6 is 0 Å². The normalized spacial score (nSPS) is 9.60. The van der Waals surface area contributed by atoms with Crippen LogP contribution in [0.1, 0.15) is 31.7 Å². The van der Waals surface area contributed by atoms with E-state index in [0.717, 1.165) is 13.0 Å². The maximum atomic E-state index is 8.63. The van der Waals surface area contributed by atoms with Crippen LogP contribution in [0.3, 0.4) is 0 Å². The molecular weight excluding hydrogens is 188 g/mol. The van der Waals surface area contributed by atoms with Gasteiger partial charge in [-0.05, 0) is 12.5 Å². The maximum Gasteiger partial charge on any atom is 0.149 e. The highest BCUT2D eigenvalue weighted by Crippen LogP contribution is 2.15. The summed E-state index contributed by atoms with van der Waals surface area (Å²) < 4.78 is 0. The van der Waals surface area contributed by atoms with Crippen molar-refractivity contribution in [2.24, 2.45) is 0 Å². The van der Waals surface area contributed by atoms with Gasteiger partial charge in [0.25, 0.3) is 0 Å². The number of nitrogens with one attached hydrogen (secondary N) is 1. The topological polar surface area (TPSA) is 74.7 Å². The summed E-state index contributed by atoms with van der Waals surface area (Å²) in [6, 6.07) is 3.64. The second-order valence-electron chi connectivity index (χ2n) is 3.41. The zero-order valence-corrected chi connectivity index (χ0v) is 8.95. The molecule has 0 spiro atoms. The van der Waals surface area contributed by atoms with Crippen LogP contribution in [0.4, 0.5) is 11.5 Å². The van der Waals surface area contributed by atoms with Crippen molar-refractivity contribution in [1.82, 2.24) is 4.98 Å². The summed E-state index contributed by atoms with van der Waals surface area (Å²) >= 11 is 0. The molecule has 1 rings (SSSR count). The van der Waals surface area contributed by atoms with E-state index < -0.39 is 0 Å². The fourth-order valence-corrected chi connectivity index (χ4v) is 1.27. The van der Waals surface area contributed by atoms with E-state index in [-0.39, 0.29) is 0 Å². The molecule has 0 amide bonds. The lowest BCUT2D eigenvalue weighted by atomic mass is 10.2. The molecule has 0 bridgehead atoms. The lowest BCUT2D eigenvalue weighted by Gasteiger charge is -2.07. The Hall–Kier alpha value is -1.76. The Morgan fingerprint density at radius 2 is 2.33 bits per heavy atom. The lowest BCUT2D eigenvalue weighted by Crippen LogP contribution is -2.06. The SMILES string of the molecule is CCCCCNc1ncc(C#N)cc1N. The van der Waals surface area contributed by atoms with Crippen molar-refractivity contribution >= 4 is 11.5 Å². The van der Waals surface area contributed by atoms with Gasteiger partial charge in [-0.3, -0.25) is 0 Å². The van der Waals surface area contributed by atoms with Gasteiger partial charge >= 0.3 is 0 Å². The molecule has 0 aliphatic carbocycles. The molecule has 0 radical (unpaired) electrons. The number of nitrogen functional groups attached to an aromatic ring is 1. The molecule has 4 heteroatoms. The zero-order valence-electron chi connectivity index (χ0n) is 8.95. The first kappa shape index (κ1) is 11.3. The summed E-state index contributed by atoms with van der Waals surface area (Å²) in [4.78, 5) is 4.09. The average molecular weight is 204 g/mol. The standard InChI is InChI=1S/C11H16N4/c1-2-3-4-5-14-11-10(13)6-9(7-12)8-15-11/h6,8H,2-5,13H2,1H3,(H,14,15). The van der Waals surface area contributed by atoms with Crippen molar-refractivity contribution < 1.29 is 0 Å². The summed E-state index contributed by atoms with van der Waals surface area (Å²) in [5, 5.41) is 11.8. The Labute approximate surface area is 90.1 Å². The lowest BCUT2D eigenvalue weighted by molar-refractivity contribution is 0.742. The highest BCUT2D eigenvalue weighted by Gasteiger charge is 2.00. The van der Waals surface area contributed by atoms with Crippen LogP contribution in [0, 0.1) is 11.3 Å². The van der Waals surface area contributed by atoms with E-state index in [2.05, 4.69) is 17.2 Å². The predicted octanol–water partition coefficient (Wildman–Crippen LogP) is 2.14. The van der Waals surface area contributed by atoms with E-state index in [4.69, 9.17) is 11.0 Å². The number of nitrogens with two attached hydrogens (primary N) is 1. The number of hydrogen-bond acceptors (Lipinski definition) is 4. The monoisotopic (exact) mass is 204 g/mol. The van der Waals surface area contributed by atoms with Gasteiger partial charge in [0.15, 0.2) is 0 Å². The van der Waals surface area contributed by atoms with Gasteiger partial charge in [-0.25, -0.2) is 4.98 Å². The van der Waals surface area contributed by atoms with Crippen molar-refractivity contribution in [3.8, 4) is 6.07 Å². The highest BCUT2D eigenvalue weighted by molar-refractivity contribution is 5.62. The van der Waals surface area contributed by atoms with Crippen LogP contribution in [0.5, 0.6) is 0 Å². The number of pyridine rings is 1. The molecule has 80 valence electrons. The molecule has 0 saturated heterocycles. The number of aromatic nitrogens is 1. The van der Waals surface area contributed by atoms with E-state index >= 15 is 0 Å². The average Bonchev–Trinajstić information content (AvgIpc) is 2.26. The Morgan fingerprint density at radius 3 is 2.93 bits per heavy atom. The van der Waals surface area contributed by atoms with Gasteiger partial charge in [-0.2, -0.15) is 5.26 Å². The van der Waals surface area contributed by atoms with E-state index in [0.29, 0.717) is 17.1 Å². The van der Waals surface area contributed by atoms with Gasteiger partial charge in [0.2, 0.25) is 0 Å². The first-order chi connectivity index (χ1) is 7.27. The van der Waals surface area contributed by atoms with Gasteiger partial charge in [0, 0.05) is 12.7 Å². The molecule has 3 N–H and O–H groups in total. The molecule has 0 fully saturated rings. The smallest absolute Gasteiger partial charge is 0.149 e. The Bertz CT molecular complexity index is 354. The minimum atomic E-state index is 0.492. The van der Waals surface area contributed by atoms with Crippen molar-refractivity contribution in [2.75, 3.05) is 17.6 Å². The van der Waals surface area contributed by atoms with E-state index in [1.165, 1.54) is 19.0 Å². The number of unbranched alkanes of at least 4 members (excludes halogenated alkanes) is 2. The van der Waals surface area contributed by atoms with E-state index in [1.807, 2.05) is 6.07 Å². The van der Waals surface area contributed by atoms with Crippen LogP contribution in [0.15, 0.2) is 12.3 Å². The van der Waals surface area contributed by atoms with E-state index in [9.17, 15) is 0 Å². The number of nitrogens with zero attached hydrogens (tertiary/aromatic N) is 2. The molecule has 4 nitrogen and oxygen atoms in total. The molecule has 0 atom stereocenters. The molecule has 0 aromatic carbocycles. The second-order valence-corrected chi connectivity index (χ2v) is 3.41. The Balaban J connectivity index is 2.52. The van der Waals surface area contributed by atoms with Crippen molar-refractivity contribution in [1.29, 1.82) is 5.26 Å². The maximum absolute atomic E-state index is 8.63. The third-order valence-electron chi connectivity index (χ3n) is 2.12. The molecule has 0 aliphatic heterocycles. The first-order valence-electron chi connectivity index (χ1n) is 5.17. The van der Waals surface area contributed by atoms with E-state index in [1.54, 1.807) is 6.07 Å². The fourth-order valence-electron chi connectivity index (χ4n) is 1.27. The van der Waals surface area contributed by atoms with Crippen LogP contribution in [-0.4, -0.2) is 11.5 Å². The van der Waals surface area contributed by atoms with Gasteiger partial charge < -0.3 is 11.1 Å². The highest BCUT2D eigenvalue weighted by atomic mass is 15.0. The molecule has 0 saturated carbocycles. The minimum absolute atomic E-state index is 0.492. The summed E-state index contributed by atoms with van der Waals surface area (Å²) in [5.74, 6) is 0.671. The summed E-state index contributed by atoms with van der Waals surface area (Å²) in [5.41, 5.74) is 6.76. The molecule has 15 heavy (non-hydrogen) atoms. The summed E-state index contributed by atoms with van der Waals surface area (Å²) in [6.07, 6.45) is 5.03. The van der Waals surface area contributed by atoms with Crippen LogP contribution in [0.2, 0.25) is 0 Å². The Morgan fingerprint density at radius 1 is 1.53 bits per heavy atom. The number of nitriles is 1. The summed E-state index contributed by atoms with van der Waals surface area (Å²) in [7, 11) is 0. The molecule has 0 aliphatic rings. The third kappa shape index (κ3) is 3.47. The third-order valence-corrected chi connectivity index (χ3v) is 2.12. The van der Waals surface area contributed by atoms with Crippen molar-refractivity contribution in [3.05, 3.63) is 17.8 Å². The largest absolute Gasteiger partial charge is 0.396 e. The molecule has 1 aromatic heterocycles. The van der Waals surface area contributed by atoms with Crippen LogP contribution in [-0.2, 0) is 0 Å². The molecular formula is C11H16N4. The van der Waals surface area contributed by atoms with Gasteiger partial charge in [0.1, 0.15) is 11.9 Å².